The Labute approximate surface area is 162 Å². The van der Waals surface area contributed by atoms with Crippen molar-refractivity contribution in [2.45, 2.75) is 13.8 Å². The van der Waals surface area contributed by atoms with E-state index in [0.717, 1.165) is 45.0 Å². The van der Waals surface area contributed by atoms with E-state index in [1.54, 1.807) is 6.20 Å². The maximum atomic E-state index is 4.58. The molecule has 2 aromatic carbocycles. The molecule has 138 valence electrons. The van der Waals surface area contributed by atoms with Crippen LogP contribution in [0.3, 0.4) is 0 Å². The van der Waals surface area contributed by atoms with Crippen LogP contribution in [-0.2, 0) is 0 Å². The predicted octanol–water partition coefficient (Wildman–Crippen LogP) is 5.54. The molecule has 0 spiro atoms. The van der Waals surface area contributed by atoms with E-state index in [2.05, 4.69) is 80.8 Å². The second-order valence-electron chi connectivity index (χ2n) is 7.02. The van der Waals surface area contributed by atoms with Crippen molar-refractivity contribution in [3.8, 4) is 0 Å². The minimum absolute atomic E-state index is 0.551. The molecule has 6 heteroatoms. The van der Waals surface area contributed by atoms with Crippen LogP contribution >= 0.6 is 0 Å². The lowest BCUT2D eigenvalue weighted by Crippen LogP contribution is -2.00. The summed E-state index contributed by atoms with van der Waals surface area (Å²) in [4.78, 5) is 15.6. The molecule has 0 aliphatic rings. The molecule has 0 saturated carbocycles. The zero-order valence-corrected chi connectivity index (χ0v) is 15.7. The van der Waals surface area contributed by atoms with Crippen LogP contribution in [0, 0.1) is 13.8 Å². The van der Waals surface area contributed by atoms with Gasteiger partial charge < -0.3 is 20.6 Å². The van der Waals surface area contributed by atoms with E-state index >= 15 is 0 Å². The lowest BCUT2D eigenvalue weighted by molar-refractivity contribution is 1.17. The van der Waals surface area contributed by atoms with E-state index in [4.69, 9.17) is 0 Å². The average molecular weight is 368 g/mol. The fraction of sp³-hybridized carbons (Fsp3) is 0.0909. The summed E-state index contributed by atoms with van der Waals surface area (Å²) in [6.07, 6.45) is 1.75. The number of fused-ring (bicyclic) bond motifs is 2. The first-order chi connectivity index (χ1) is 13.6. The Morgan fingerprint density at radius 1 is 0.714 bits per heavy atom. The van der Waals surface area contributed by atoms with Crippen LogP contribution in [0.2, 0.25) is 0 Å². The van der Waals surface area contributed by atoms with E-state index in [0.29, 0.717) is 5.95 Å². The molecule has 6 nitrogen and oxygen atoms in total. The van der Waals surface area contributed by atoms with Crippen LogP contribution in [0.5, 0.6) is 0 Å². The molecule has 0 fully saturated rings. The number of nitrogens with zero attached hydrogens (tertiary/aromatic N) is 2. The third kappa shape index (κ3) is 3.16. The highest BCUT2D eigenvalue weighted by Gasteiger charge is 2.05. The topological polar surface area (TPSA) is 81.4 Å². The normalized spacial score (nSPS) is 11.2. The minimum Gasteiger partial charge on any atom is -0.359 e. The van der Waals surface area contributed by atoms with Crippen molar-refractivity contribution in [3.63, 3.8) is 0 Å². The lowest BCUT2D eigenvalue weighted by Gasteiger charge is -2.09. The Morgan fingerprint density at radius 2 is 1.32 bits per heavy atom. The van der Waals surface area contributed by atoms with Crippen LogP contribution < -0.4 is 10.6 Å². The van der Waals surface area contributed by atoms with Gasteiger partial charge in [-0.05, 0) is 68.4 Å². The SMILES string of the molecule is Cc1cc2cc(Nc3ccnc(Nc4ccc5[nH]c(C)cc5c4)n3)ccc2[nH]1. The molecule has 3 aromatic heterocycles. The minimum atomic E-state index is 0.551. The van der Waals surface area contributed by atoms with Crippen molar-refractivity contribution in [1.29, 1.82) is 0 Å². The van der Waals surface area contributed by atoms with Gasteiger partial charge in [0.15, 0.2) is 0 Å². The van der Waals surface area contributed by atoms with Crippen molar-refractivity contribution >= 4 is 44.9 Å². The first-order valence-corrected chi connectivity index (χ1v) is 9.18. The Bertz CT molecular complexity index is 1200. The fourth-order valence-corrected chi connectivity index (χ4v) is 3.48. The Balaban J connectivity index is 1.38. The summed E-state index contributed by atoms with van der Waals surface area (Å²) >= 11 is 0. The number of hydrogen-bond acceptors (Lipinski definition) is 4. The first-order valence-electron chi connectivity index (χ1n) is 9.18. The molecular weight excluding hydrogens is 348 g/mol. The Hall–Kier alpha value is -3.80. The molecule has 5 aromatic rings. The average Bonchev–Trinajstić information content (AvgIpc) is 3.21. The van der Waals surface area contributed by atoms with Crippen LogP contribution in [0.4, 0.5) is 23.1 Å². The molecule has 0 radical (unpaired) electrons. The summed E-state index contributed by atoms with van der Waals surface area (Å²) in [7, 11) is 0. The van der Waals surface area contributed by atoms with Crippen LogP contribution in [0.1, 0.15) is 11.4 Å². The smallest absolute Gasteiger partial charge is 0.229 e. The van der Waals surface area contributed by atoms with E-state index in [1.165, 1.54) is 5.39 Å². The van der Waals surface area contributed by atoms with Crippen molar-refractivity contribution in [3.05, 3.63) is 72.2 Å². The van der Waals surface area contributed by atoms with E-state index in [1.807, 2.05) is 18.2 Å². The number of nitrogens with one attached hydrogen (secondary N) is 4. The molecule has 28 heavy (non-hydrogen) atoms. The quantitative estimate of drug-likeness (QED) is 0.335. The highest BCUT2D eigenvalue weighted by Crippen LogP contribution is 2.24. The predicted molar refractivity (Wildman–Crippen MR) is 115 cm³/mol. The standard InChI is InChI=1S/C22H20N6/c1-13-9-15-11-17(3-5-19(15)24-13)26-21-7-8-23-22(28-21)27-18-4-6-20-16(12-18)10-14(2)25-20/h3-12,24-25H,1-2H3,(H2,23,26,27,28). The van der Waals surface area contributed by atoms with Gasteiger partial charge in [-0.15, -0.1) is 0 Å². The highest BCUT2D eigenvalue weighted by molar-refractivity contribution is 5.85. The van der Waals surface area contributed by atoms with Crippen molar-refractivity contribution < 1.29 is 0 Å². The molecule has 0 unspecified atom stereocenters. The van der Waals surface area contributed by atoms with Crippen molar-refractivity contribution in [2.75, 3.05) is 10.6 Å². The molecule has 0 saturated heterocycles. The van der Waals surface area contributed by atoms with Crippen LogP contribution in [-0.4, -0.2) is 19.9 Å². The molecular formula is C22H20N6. The van der Waals surface area contributed by atoms with Crippen LogP contribution in [0.25, 0.3) is 21.8 Å². The number of H-pyrrole nitrogens is 2. The Kier molecular flexibility index (Phi) is 3.76. The van der Waals surface area contributed by atoms with Gasteiger partial charge in [-0.2, -0.15) is 4.98 Å². The molecule has 0 amide bonds. The Morgan fingerprint density at radius 3 is 1.96 bits per heavy atom. The molecule has 0 atom stereocenters. The number of benzene rings is 2. The second kappa shape index (κ2) is 6.42. The van der Waals surface area contributed by atoms with Gasteiger partial charge in [0, 0.05) is 50.8 Å². The number of rotatable bonds is 4. The third-order valence-corrected chi connectivity index (χ3v) is 4.69. The van der Waals surface area contributed by atoms with E-state index < -0.39 is 0 Å². The number of aromatic nitrogens is 4. The van der Waals surface area contributed by atoms with Gasteiger partial charge in [-0.25, -0.2) is 4.98 Å². The van der Waals surface area contributed by atoms with Crippen LogP contribution in [0.15, 0.2) is 60.8 Å². The van der Waals surface area contributed by atoms with Gasteiger partial charge in [0.05, 0.1) is 0 Å². The summed E-state index contributed by atoms with van der Waals surface area (Å²) in [5, 5.41) is 8.97. The maximum absolute atomic E-state index is 4.58. The molecule has 0 aliphatic carbocycles. The second-order valence-corrected chi connectivity index (χ2v) is 7.02. The zero-order chi connectivity index (χ0) is 19.1. The molecule has 0 aliphatic heterocycles. The molecule has 5 rings (SSSR count). The molecule has 4 N–H and O–H groups in total. The zero-order valence-electron chi connectivity index (χ0n) is 15.7. The molecule has 3 heterocycles. The van der Waals surface area contributed by atoms with Gasteiger partial charge in [0.2, 0.25) is 5.95 Å². The number of hydrogen-bond donors (Lipinski definition) is 4. The van der Waals surface area contributed by atoms with Crippen molar-refractivity contribution in [2.24, 2.45) is 0 Å². The van der Waals surface area contributed by atoms with Gasteiger partial charge in [-0.1, -0.05) is 0 Å². The highest BCUT2D eigenvalue weighted by atomic mass is 15.1. The number of aromatic amines is 2. The summed E-state index contributed by atoms with van der Waals surface area (Å²) in [5.41, 5.74) is 6.48. The van der Waals surface area contributed by atoms with Gasteiger partial charge >= 0.3 is 0 Å². The lowest BCUT2D eigenvalue weighted by atomic mass is 10.2. The summed E-state index contributed by atoms with van der Waals surface area (Å²) in [6, 6.07) is 18.5. The first kappa shape index (κ1) is 16.4. The van der Waals surface area contributed by atoms with E-state index in [-0.39, 0.29) is 0 Å². The largest absolute Gasteiger partial charge is 0.359 e. The van der Waals surface area contributed by atoms with Gasteiger partial charge in [-0.3, -0.25) is 0 Å². The fourth-order valence-electron chi connectivity index (χ4n) is 3.48. The summed E-state index contributed by atoms with van der Waals surface area (Å²) in [5.74, 6) is 1.29. The van der Waals surface area contributed by atoms with Gasteiger partial charge in [0.1, 0.15) is 5.82 Å². The third-order valence-electron chi connectivity index (χ3n) is 4.69. The molecule has 0 bridgehead atoms. The number of anilines is 4. The maximum Gasteiger partial charge on any atom is 0.229 e. The summed E-state index contributed by atoms with van der Waals surface area (Å²) < 4.78 is 0. The van der Waals surface area contributed by atoms with Crippen molar-refractivity contribution in [1.82, 2.24) is 19.9 Å². The van der Waals surface area contributed by atoms with Gasteiger partial charge in [0.25, 0.3) is 0 Å². The van der Waals surface area contributed by atoms with E-state index in [9.17, 15) is 0 Å². The summed E-state index contributed by atoms with van der Waals surface area (Å²) in [6.45, 7) is 4.11. The monoisotopic (exact) mass is 368 g/mol. The number of aryl methyl sites for hydroxylation is 2.